The number of hydrogen-bond donors (Lipinski definition) is 1. The normalized spacial score (nSPS) is 14.8. The average Bonchev–Trinajstić information content (AvgIpc) is 3.10. The molecule has 7 nitrogen and oxygen atoms in total. The van der Waals surface area contributed by atoms with Gasteiger partial charge in [0.25, 0.3) is 11.8 Å². The topological polar surface area (TPSA) is 82.6 Å². The predicted octanol–water partition coefficient (Wildman–Crippen LogP) is 1.83. The lowest BCUT2D eigenvalue weighted by Gasteiger charge is -2.21. The molecule has 1 aromatic heterocycles. The standard InChI is InChI=1S/C17H18N4O3S/c1-10(14(22)19-17-18-11(9-25-17)8-20(2)3)21-15(23)12-6-4-5-7-13(12)16(21)24/h4-7,9-10H,8H2,1-3H3,(H,18,19,22). The van der Waals surface area contributed by atoms with E-state index in [-0.39, 0.29) is 0 Å². The summed E-state index contributed by atoms with van der Waals surface area (Å²) in [6.07, 6.45) is 0. The molecule has 1 aromatic carbocycles. The molecule has 1 N–H and O–H groups in total. The Morgan fingerprint density at radius 2 is 1.84 bits per heavy atom. The van der Waals surface area contributed by atoms with Crippen molar-refractivity contribution in [3.05, 3.63) is 46.5 Å². The second kappa shape index (κ2) is 6.73. The number of rotatable bonds is 5. The van der Waals surface area contributed by atoms with Gasteiger partial charge in [0.15, 0.2) is 5.13 Å². The number of hydrogen-bond acceptors (Lipinski definition) is 6. The summed E-state index contributed by atoms with van der Waals surface area (Å²) in [6, 6.07) is 5.65. The number of thiazole rings is 1. The van der Waals surface area contributed by atoms with Crippen molar-refractivity contribution in [3.63, 3.8) is 0 Å². The van der Waals surface area contributed by atoms with Gasteiger partial charge in [-0.05, 0) is 33.2 Å². The highest BCUT2D eigenvalue weighted by molar-refractivity contribution is 7.13. The highest BCUT2D eigenvalue weighted by Crippen LogP contribution is 2.25. The summed E-state index contributed by atoms with van der Waals surface area (Å²) >= 11 is 1.31. The average molecular weight is 358 g/mol. The lowest BCUT2D eigenvalue weighted by molar-refractivity contribution is -0.119. The van der Waals surface area contributed by atoms with Gasteiger partial charge in [-0.15, -0.1) is 11.3 Å². The number of nitrogens with one attached hydrogen (secondary N) is 1. The highest BCUT2D eigenvalue weighted by atomic mass is 32.1. The molecule has 0 spiro atoms. The molecule has 0 aliphatic carbocycles. The van der Waals surface area contributed by atoms with Crippen molar-refractivity contribution in [2.45, 2.75) is 19.5 Å². The third kappa shape index (κ3) is 3.31. The molecule has 0 saturated heterocycles. The van der Waals surface area contributed by atoms with Crippen LogP contribution in [0.1, 0.15) is 33.3 Å². The number of anilines is 1. The van der Waals surface area contributed by atoms with Gasteiger partial charge in [-0.25, -0.2) is 4.98 Å². The quantitative estimate of drug-likeness (QED) is 0.825. The summed E-state index contributed by atoms with van der Waals surface area (Å²) in [7, 11) is 3.86. The van der Waals surface area contributed by atoms with Crippen LogP contribution < -0.4 is 5.32 Å². The molecule has 130 valence electrons. The van der Waals surface area contributed by atoms with E-state index in [4.69, 9.17) is 0 Å². The number of aromatic nitrogens is 1. The molecule has 3 amide bonds. The van der Waals surface area contributed by atoms with E-state index >= 15 is 0 Å². The highest BCUT2D eigenvalue weighted by Gasteiger charge is 2.40. The van der Waals surface area contributed by atoms with Crippen molar-refractivity contribution in [2.24, 2.45) is 0 Å². The Labute approximate surface area is 149 Å². The second-order valence-electron chi connectivity index (χ2n) is 6.07. The summed E-state index contributed by atoms with van der Waals surface area (Å²) < 4.78 is 0. The molecule has 0 bridgehead atoms. The van der Waals surface area contributed by atoms with Gasteiger partial charge < -0.3 is 10.2 Å². The smallest absolute Gasteiger partial charge is 0.262 e. The summed E-state index contributed by atoms with van der Waals surface area (Å²) in [5, 5.41) is 5.00. The first-order chi connectivity index (χ1) is 11.9. The SMILES string of the molecule is CC(C(=O)Nc1nc(CN(C)C)cs1)N1C(=O)c2ccccc2C1=O. The molecule has 2 heterocycles. The van der Waals surface area contributed by atoms with Crippen molar-refractivity contribution < 1.29 is 14.4 Å². The summed E-state index contributed by atoms with van der Waals surface area (Å²) in [5.41, 5.74) is 1.50. The number of imide groups is 1. The Hall–Kier alpha value is -2.58. The number of nitrogens with zero attached hydrogens (tertiary/aromatic N) is 3. The molecule has 2 aromatic rings. The van der Waals surface area contributed by atoms with E-state index in [0.717, 1.165) is 10.6 Å². The van der Waals surface area contributed by atoms with E-state index in [2.05, 4.69) is 10.3 Å². The van der Waals surface area contributed by atoms with Crippen molar-refractivity contribution in [2.75, 3.05) is 19.4 Å². The van der Waals surface area contributed by atoms with E-state index in [9.17, 15) is 14.4 Å². The predicted molar refractivity (Wildman–Crippen MR) is 94.5 cm³/mol. The molecule has 0 radical (unpaired) electrons. The molecule has 1 atom stereocenters. The summed E-state index contributed by atoms with van der Waals surface area (Å²) in [6.45, 7) is 2.20. The van der Waals surface area contributed by atoms with Gasteiger partial charge in [0.1, 0.15) is 6.04 Å². The molecule has 0 fully saturated rings. The van der Waals surface area contributed by atoms with Crippen molar-refractivity contribution in [3.8, 4) is 0 Å². The van der Waals surface area contributed by atoms with E-state index in [1.807, 2.05) is 24.4 Å². The number of fused-ring (bicyclic) bond motifs is 1. The second-order valence-corrected chi connectivity index (χ2v) is 6.93. The maximum Gasteiger partial charge on any atom is 0.262 e. The lowest BCUT2D eigenvalue weighted by Crippen LogP contribution is -2.45. The van der Waals surface area contributed by atoms with Crippen LogP contribution in [0.15, 0.2) is 29.6 Å². The largest absolute Gasteiger partial charge is 0.304 e. The van der Waals surface area contributed by atoms with Crippen LogP contribution in [-0.2, 0) is 11.3 Å². The minimum absolute atomic E-state index is 0.328. The minimum Gasteiger partial charge on any atom is -0.304 e. The van der Waals surface area contributed by atoms with Crippen LogP contribution in [0.3, 0.4) is 0 Å². The molecule has 1 aliphatic rings. The van der Waals surface area contributed by atoms with Gasteiger partial charge in [0.05, 0.1) is 16.8 Å². The zero-order chi connectivity index (χ0) is 18.1. The maximum atomic E-state index is 12.5. The first kappa shape index (κ1) is 17.2. The fourth-order valence-corrected chi connectivity index (χ4v) is 3.35. The van der Waals surface area contributed by atoms with Crippen LogP contribution in [0.5, 0.6) is 0 Å². The molecule has 8 heteroatoms. The third-order valence-corrected chi connectivity index (χ3v) is 4.66. The van der Waals surface area contributed by atoms with Crippen molar-refractivity contribution in [1.82, 2.24) is 14.8 Å². The Kier molecular flexibility index (Phi) is 4.65. The third-order valence-electron chi connectivity index (χ3n) is 3.85. The fraction of sp³-hybridized carbons (Fsp3) is 0.294. The van der Waals surface area contributed by atoms with Gasteiger partial charge in [-0.2, -0.15) is 0 Å². The van der Waals surface area contributed by atoms with Crippen LogP contribution in [0.25, 0.3) is 0 Å². The van der Waals surface area contributed by atoms with Crippen LogP contribution in [0.4, 0.5) is 5.13 Å². The number of benzene rings is 1. The first-order valence-electron chi connectivity index (χ1n) is 7.75. The maximum absolute atomic E-state index is 12.5. The van der Waals surface area contributed by atoms with Gasteiger partial charge >= 0.3 is 0 Å². The monoisotopic (exact) mass is 358 g/mol. The van der Waals surface area contributed by atoms with E-state index in [1.54, 1.807) is 24.3 Å². The fourth-order valence-electron chi connectivity index (χ4n) is 2.65. The zero-order valence-electron chi connectivity index (χ0n) is 14.1. The van der Waals surface area contributed by atoms with E-state index < -0.39 is 23.8 Å². The van der Waals surface area contributed by atoms with Crippen LogP contribution in [0.2, 0.25) is 0 Å². The molecule has 0 saturated carbocycles. The Morgan fingerprint density at radius 3 is 2.40 bits per heavy atom. The Bertz CT molecular complexity index is 811. The molecule has 1 unspecified atom stereocenters. The zero-order valence-corrected chi connectivity index (χ0v) is 15.0. The molecule has 25 heavy (non-hydrogen) atoms. The minimum atomic E-state index is -0.923. The van der Waals surface area contributed by atoms with E-state index in [1.165, 1.54) is 18.3 Å². The number of carbonyl (C=O) groups is 3. The van der Waals surface area contributed by atoms with Gasteiger partial charge in [-0.3, -0.25) is 19.3 Å². The van der Waals surface area contributed by atoms with Crippen LogP contribution >= 0.6 is 11.3 Å². The van der Waals surface area contributed by atoms with Crippen LogP contribution in [0, 0.1) is 0 Å². The van der Waals surface area contributed by atoms with Crippen molar-refractivity contribution >= 4 is 34.2 Å². The van der Waals surface area contributed by atoms with E-state index in [0.29, 0.717) is 22.8 Å². The molecular formula is C17H18N4O3S. The summed E-state index contributed by atoms with van der Waals surface area (Å²) in [4.78, 5) is 44.6. The Morgan fingerprint density at radius 1 is 1.24 bits per heavy atom. The number of carbonyl (C=O) groups excluding carboxylic acids is 3. The molecule has 1 aliphatic heterocycles. The first-order valence-corrected chi connectivity index (χ1v) is 8.63. The van der Waals surface area contributed by atoms with Gasteiger partial charge in [-0.1, -0.05) is 12.1 Å². The van der Waals surface area contributed by atoms with Gasteiger partial charge in [0.2, 0.25) is 5.91 Å². The van der Waals surface area contributed by atoms with Gasteiger partial charge in [0, 0.05) is 11.9 Å². The number of amides is 3. The lowest BCUT2D eigenvalue weighted by atomic mass is 10.1. The van der Waals surface area contributed by atoms with Crippen molar-refractivity contribution in [1.29, 1.82) is 0 Å². The Balaban J connectivity index is 1.72. The molecular weight excluding hydrogens is 340 g/mol. The van der Waals surface area contributed by atoms with Crippen LogP contribution in [-0.4, -0.2) is 52.6 Å². The summed E-state index contributed by atoms with van der Waals surface area (Å²) in [5.74, 6) is -1.34. The molecule has 3 rings (SSSR count).